The lowest BCUT2D eigenvalue weighted by Crippen LogP contribution is -2.27. The molecule has 0 aliphatic carbocycles. The number of carbonyl (C=O) groups excluding carboxylic acids is 2. The summed E-state index contributed by atoms with van der Waals surface area (Å²) in [6, 6.07) is 18.8. The molecule has 37 heavy (non-hydrogen) atoms. The van der Waals surface area contributed by atoms with Crippen LogP contribution in [0.5, 0.6) is 0 Å². The smallest absolute Gasteiger partial charge is 0.324 e. The van der Waals surface area contributed by atoms with Gasteiger partial charge in [0.2, 0.25) is 5.91 Å². The van der Waals surface area contributed by atoms with E-state index in [9.17, 15) is 14.0 Å². The number of rotatable bonds is 8. The highest BCUT2D eigenvalue weighted by Gasteiger charge is 2.16. The lowest BCUT2D eigenvalue weighted by molar-refractivity contribution is -0.120. The lowest BCUT2D eigenvalue weighted by atomic mass is 10.1. The van der Waals surface area contributed by atoms with Crippen LogP contribution in [-0.4, -0.2) is 40.0 Å². The molecule has 0 atom stereocenters. The molecule has 0 radical (unpaired) electrons. The number of anilines is 2. The minimum absolute atomic E-state index is 0.0857. The number of hydrogen-bond acceptors (Lipinski definition) is 4. The maximum Gasteiger partial charge on any atom is 0.324 e. The molecule has 3 aromatic carbocycles. The number of amides is 3. The van der Waals surface area contributed by atoms with Crippen LogP contribution in [0.25, 0.3) is 16.9 Å². The maximum atomic E-state index is 13.9. The van der Waals surface area contributed by atoms with Gasteiger partial charge in [-0.25, -0.2) is 13.9 Å². The SMILES string of the molecule is O=C(Cc1cccc(-n2nc(-c3cccc(F)c3)cc2NC(=O)Nc2cccc(Cl)c2Cl)c1)NCCO. The average Bonchev–Trinajstić information content (AvgIpc) is 3.29. The van der Waals surface area contributed by atoms with Crippen LogP contribution in [0.4, 0.5) is 20.7 Å². The zero-order valence-corrected chi connectivity index (χ0v) is 20.9. The molecular weight excluding hydrogens is 520 g/mol. The molecule has 8 nitrogen and oxygen atoms in total. The summed E-state index contributed by atoms with van der Waals surface area (Å²) in [6.07, 6.45) is 0.0857. The van der Waals surface area contributed by atoms with Crippen molar-refractivity contribution >= 4 is 46.6 Å². The minimum Gasteiger partial charge on any atom is -0.395 e. The molecule has 3 amide bonds. The number of carbonyl (C=O) groups is 2. The number of aromatic nitrogens is 2. The molecule has 1 aromatic heterocycles. The molecule has 0 saturated heterocycles. The summed E-state index contributed by atoms with van der Waals surface area (Å²) < 4.78 is 15.4. The Morgan fingerprint density at radius 1 is 0.973 bits per heavy atom. The predicted molar refractivity (Wildman–Crippen MR) is 142 cm³/mol. The van der Waals surface area contributed by atoms with Gasteiger partial charge in [-0.1, -0.05) is 53.5 Å². The van der Waals surface area contributed by atoms with E-state index in [1.54, 1.807) is 60.7 Å². The Labute approximate surface area is 222 Å². The Morgan fingerprint density at radius 3 is 2.54 bits per heavy atom. The fourth-order valence-electron chi connectivity index (χ4n) is 3.57. The van der Waals surface area contributed by atoms with Gasteiger partial charge in [0, 0.05) is 18.2 Å². The summed E-state index contributed by atoms with van der Waals surface area (Å²) in [5, 5.41) is 22.0. The van der Waals surface area contributed by atoms with E-state index in [1.165, 1.54) is 16.8 Å². The van der Waals surface area contributed by atoms with Gasteiger partial charge in [0.1, 0.15) is 11.6 Å². The van der Waals surface area contributed by atoms with E-state index in [2.05, 4.69) is 21.0 Å². The van der Waals surface area contributed by atoms with E-state index in [0.717, 1.165) is 0 Å². The number of benzene rings is 3. The van der Waals surface area contributed by atoms with Gasteiger partial charge in [0.15, 0.2) is 0 Å². The fraction of sp³-hybridized carbons (Fsp3) is 0.115. The molecular formula is C26H22Cl2FN5O3. The largest absolute Gasteiger partial charge is 0.395 e. The number of nitrogens with one attached hydrogen (secondary N) is 3. The summed E-state index contributed by atoms with van der Waals surface area (Å²) in [5.41, 5.74) is 2.50. The van der Waals surface area contributed by atoms with Gasteiger partial charge in [-0.3, -0.25) is 10.1 Å². The Balaban J connectivity index is 1.66. The third-order valence-electron chi connectivity index (χ3n) is 5.22. The third-order valence-corrected chi connectivity index (χ3v) is 6.04. The molecule has 0 saturated carbocycles. The highest BCUT2D eigenvalue weighted by Crippen LogP contribution is 2.30. The van der Waals surface area contributed by atoms with Crippen LogP contribution in [-0.2, 0) is 11.2 Å². The molecule has 1 heterocycles. The molecule has 0 fully saturated rings. The van der Waals surface area contributed by atoms with Gasteiger partial charge in [-0.15, -0.1) is 0 Å². The number of urea groups is 1. The first-order chi connectivity index (χ1) is 17.8. The molecule has 0 unspecified atom stereocenters. The first-order valence-electron chi connectivity index (χ1n) is 11.2. The van der Waals surface area contributed by atoms with E-state index in [0.29, 0.717) is 28.2 Å². The van der Waals surface area contributed by atoms with Gasteiger partial charge >= 0.3 is 6.03 Å². The second-order valence-corrected chi connectivity index (χ2v) is 8.72. The number of hydrogen-bond donors (Lipinski definition) is 4. The second-order valence-electron chi connectivity index (χ2n) is 7.94. The van der Waals surface area contributed by atoms with Crippen molar-refractivity contribution in [3.63, 3.8) is 0 Å². The van der Waals surface area contributed by atoms with Crippen molar-refractivity contribution < 1.29 is 19.1 Å². The van der Waals surface area contributed by atoms with Gasteiger partial charge < -0.3 is 15.7 Å². The summed E-state index contributed by atoms with van der Waals surface area (Å²) in [7, 11) is 0. The van der Waals surface area contributed by atoms with E-state index in [1.807, 2.05) is 0 Å². The van der Waals surface area contributed by atoms with Crippen LogP contribution in [0.3, 0.4) is 0 Å². The first-order valence-corrected chi connectivity index (χ1v) is 11.9. The lowest BCUT2D eigenvalue weighted by Gasteiger charge is -2.12. The van der Waals surface area contributed by atoms with Crippen molar-refractivity contribution in [3.05, 3.63) is 94.2 Å². The van der Waals surface area contributed by atoms with Crippen LogP contribution in [0.15, 0.2) is 72.8 Å². The summed E-state index contributed by atoms with van der Waals surface area (Å²) in [5.74, 6) is -0.383. The summed E-state index contributed by atoms with van der Waals surface area (Å²) in [4.78, 5) is 25.0. The topological polar surface area (TPSA) is 108 Å². The predicted octanol–water partition coefficient (Wildman–Crippen LogP) is 5.28. The Morgan fingerprint density at radius 2 is 1.76 bits per heavy atom. The molecule has 11 heteroatoms. The Kier molecular flexibility index (Phi) is 8.39. The molecule has 4 N–H and O–H groups in total. The van der Waals surface area contributed by atoms with Crippen molar-refractivity contribution in [2.75, 3.05) is 23.8 Å². The number of nitrogens with zero attached hydrogens (tertiary/aromatic N) is 2. The van der Waals surface area contributed by atoms with Gasteiger partial charge in [0.25, 0.3) is 0 Å². The van der Waals surface area contributed by atoms with E-state index in [-0.39, 0.29) is 41.3 Å². The maximum absolute atomic E-state index is 13.9. The zero-order chi connectivity index (χ0) is 26.4. The van der Waals surface area contributed by atoms with Crippen LogP contribution in [0, 0.1) is 5.82 Å². The molecule has 4 aromatic rings. The first kappa shape index (κ1) is 26.2. The highest BCUT2D eigenvalue weighted by atomic mass is 35.5. The standard InChI is InChI=1S/C26H22Cl2FN5O3/c27-20-8-3-9-21(25(20)28)31-26(37)32-23-15-22(17-5-2-6-18(29)14-17)33-34(23)19-7-1-4-16(12-19)13-24(36)30-10-11-35/h1-9,12,14-15,35H,10-11,13H2,(H,30,36)(H2,31,32,37). The number of aliphatic hydroxyl groups is 1. The third kappa shape index (κ3) is 6.65. The van der Waals surface area contributed by atoms with Gasteiger partial charge in [-0.2, -0.15) is 5.10 Å². The molecule has 0 aliphatic heterocycles. The van der Waals surface area contributed by atoms with E-state index >= 15 is 0 Å². The van der Waals surface area contributed by atoms with E-state index in [4.69, 9.17) is 28.3 Å². The average molecular weight is 542 g/mol. The molecule has 190 valence electrons. The van der Waals surface area contributed by atoms with Crippen molar-refractivity contribution in [3.8, 4) is 16.9 Å². The molecule has 4 rings (SSSR count). The van der Waals surface area contributed by atoms with Gasteiger partial charge in [-0.05, 0) is 42.0 Å². The Bertz CT molecular complexity index is 1440. The summed E-state index contributed by atoms with van der Waals surface area (Å²) in [6.45, 7) is 0.00785. The Hall–Kier alpha value is -3.92. The van der Waals surface area contributed by atoms with Crippen molar-refractivity contribution in [1.82, 2.24) is 15.1 Å². The zero-order valence-electron chi connectivity index (χ0n) is 19.3. The minimum atomic E-state index is -0.601. The van der Waals surface area contributed by atoms with Crippen LogP contribution >= 0.6 is 23.2 Å². The number of halogens is 3. The molecule has 0 spiro atoms. The molecule has 0 bridgehead atoms. The second kappa shape index (κ2) is 11.9. The van der Waals surface area contributed by atoms with Crippen molar-refractivity contribution in [2.24, 2.45) is 0 Å². The normalized spacial score (nSPS) is 10.7. The van der Waals surface area contributed by atoms with Crippen LogP contribution in [0.2, 0.25) is 10.0 Å². The summed E-state index contributed by atoms with van der Waals surface area (Å²) >= 11 is 12.2. The fourth-order valence-corrected chi connectivity index (χ4v) is 3.92. The number of aliphatic hydroxyl groups excluding tert-OH is 1. The monoisotopic (exact) mass is 541 g/mol. The van der Waals surface area contributed by atoms with Gasteiger partial charge in [0.05, 0.1) is 40.1 Å². The highest BCUT2D eigenvalue weighted by molar-refractivity contribution is 6.44. The van der Waals surface area contributed by atoms with Crippen molar-refractivity contribution in [2.45, 2.75) is 6.42 Å². The van der Waals surface area contributed by atoms with Crippen LogP contribution in [0.1, 0.15) is 5.56 Å². The van der Waals surface area contributed by atoms with E-state index < -0.39 is 11.8 Å². The van der Waals surface area contributed by atoms with Crippen LogP contribution < -0.4 is 16.0 Å². The quantitative estimate of drug-likeness (QED) is 0.243. The van der Waals surface area contributed by atoms with Crippen molar-refractivity contribution in [1.29, 1.82) is 0 Å². The molecule has 0 aliphatic rings.